The van der Waals surface area contributed by atoms with Crippen molar-refractivity contribution >= 4 is 31.8 Å². The zero-order chi connectivity index (χ0) is 3.58. The topological polar surface area (TPSA) is 40.1 Å². The van der Waals surface area contributed by atoms with Crippen molar-refractivity contribution in [3.63, 3.8) is 0 Å². The zero-order valence-corrected chi connectivity index (χ0v) is 8.46. The van der Waals surface area contributed by atoms with Gasteiger partial charge < -0.3 is 34.7 Å². The standard InChI is InChI=1S/C2H4O2.2ClH.In/c1-2(3)4;;;/h1H3,(H,3,4);2*1H;/q;;;+3/p-3. The van der Waals surface area contributed by atoms with E-state index in [-0.39, 0.29) is 50.7 Å². The first-order valence-electron chi connectivity index (χ1n) is 0.908. The number of halogens is 2. The van der Waals surface area contributed by atoms with E-state index in [1.54, 1.807) is 0 Å². The molecule has 0 N–H and O–H groups in total. The molecule has 0 aliphatic carbocycles. The first-order chi connectivity index (χ1) is 1.73. The van der Waals surface area contributed by atoms with Crippen molar-refractivity contribution in [2.24, 2.45) is 0 Å². The number of aliphatic carboxylic acids is 1. The minimum atomic E-state index is -1.08. The summed E-state index contributed by atoms with van der Waals surface area (Å²) >= 11 is 0. The first-order valence-corrected chi connectivity index (χ1v) is 0.908. The molecule has 0 spiro atoms. The molecule has 0 amide bonds. The van der Waals surface area contributed by atoms with Crippen molar-refractivity contribution in [2.45, 2.75) is 6.92 Å². The molecule has 0 radical (unpaired) electrons. The maximum atomic E-state index is 8.89. The molecule has 0 aliphatic heterocycles. The maximum Gasteiger partial charge on any atom is 3.00 e. The number of carboxylic acids is 1. The van der Waals surface area contributed by atoms with Crippen LogP contribution in [-0.4, -0.2) is 31.8 Å². The summed E-state index contributed by atoms with van der Waals surface area (Å²) in [5.41, 5.74) is 0. The summed E-state index contributed by atoms with van der Waals surface area (Å²) in [6.45, 7) is 0.972. The van der Waals surface area contributed by atoms with Crippen LogP contribution in [0.4, 0.5) is 0 Å². The molecule has 0 aliphatic rings. The number of carbonyl (C=O) groups excluding carboxylic acids is 1. The van der Waals surface area contributed by atoms with Gasteiger partial charge in [-0.25, -0.2) is 0 Å². The largest absolute Gasteiger partial charge is 3.00 e. The molecule has 0 unspecified atom stereocenters. The van der Waals surface area contributed by atoms with E-state index in [0.717, 1.165) is 6.92 Å². The summed E-state index contributed by atoms with van der Waals surface area (Å²) in [5.74, 6) is -1.08. The molecule has 0 aromatic rings. The maximum absolute atomic E-state index is 8.89. The first kappa shape index (κ1) is 24.7. The van der Waals surface area contributed by atoms with E-state index >= 15 is 0 Å². The monoisotopic (exact) mass is 244 g/mol. The van der Waals surface area contributed by atoms with Crippen molar-refractivity contribution in [3.8, 4) is 0 Å². The van der Waals surface area contributed by atoms with Gasteiger partial charge in [0, 0.05) is 5.97 Å². The normalized spacial score (nSPS) is 3.57. The van der Waals surface area contributed by atoms with Gasteiger partial charge in [-0.05, 0) is 6.92 Å². The number of hydrogen-bond donors (Lipinski definition) is 0. The Hall–Kier alpha value is 0.920. The Morgan fingerprint density at radius 1 is 1.43 bits per heavy atom. The summed E-state index contributed by atoms with van der Waals surface area (Å²) in [5, 5.41) is 8.89. The van der Waals surface area contributed by atoms with Gasteiger partial charge in [0.1, 0.15) is 0 Å². The van der Waals surface area contributed by atoms with Gasteiger partial charge in [0.2, 0.25) is 0 Å². The number of carbonyl (C=O) groups is 1. The van der Waals surface area contributed by atoms with Crippen LogP contribution in [0.3, 0.4) is 0 Å². The van der Waals surface area contributed by atoms with Gasteiger partial charge in [-0.1, -0.05) is 0 Å². The van der Waals surface area contributed by atoms with Crippen LogP contribution in [-0.2, 0) is 4.79 Å². The molecular formula is C2H3Cl2InO2. The molecule has 2 nitrogen and oxygen atoms in total. The average Bonchev–Trinajstić information content (AvgIpc) is 0.811. The van der Waals surface area contributed by atoms with Crippen LogP contribution in [0.2, 0.25) is 0 Å². The molecule has 0 heterocycles. The molecule has 5 heteroatoms. The number of rotatable bonds is 0. The van der Waals surface area contributed by atoms with Gasteiger partial charge >= 0.3 is 25.8 Å². The second-order valence-corrected chi connectivity index (χ2v) is 0.492. The average molecular weight is 245 g/mol. The van der Waals surface area contributed by atoms with Crippen LogP contribution in [0.15, 0.2) is 0 Å². The van der Waals surface area contributed by atoms with E-state index in [1.807, 2.05) is 0 Å². The fourth-order valence-electron chi connectivity index (χ4n) is 0. The summed E-state index contributed by atoms with van der Waals surface area (Å²) in [6, 6.07) is 0. The minimum Gasteiger partial charge on any atom is -1.00 e. The second kappa shape index (κ2) is 15.8. The third-order valence-electron chi connectivity index (χ3n) is 0. The number of carboxylic acid groups (broad SMARTS) is 1. The van der Waals surface area contributed by atoms with Crippen molar-refractivity contribution < 1.29 is 34.7 Å². The molecule has 40 valence electrons. The van der Waals surface area contributed by atoms with Crippen LogP contribution in [0.1, 0.15) is 6.92 Å². The molecule has 0 saturated heterocycles. The van der Waals surface area contributed by atoms with Crippen molar-refractivity contribution in [1.82, 2.24) is 0 Å². The van der Waals surface area contributed by atoms with Gasteiger partial charge in [0.05, 0.1) is 0 Å². The van der Waals surface area contributed by atoms with Crippen molar-refractivity contribution in [3.05, 3.63) is 0 Å². The minimum absolute atomic E-state index is 0. The molecule has 0 atom stereocenters. The molecule has 0 aromatic carbocycles. The molecule has 0 aromatic heterocycles. The predicted molar refractivity (Wildman–Crippen MR) is 16.4 cm³/mol. The molecular weight excluding hydrogens is 242 g/mol. The zero-order valence-electron chi connectivity index (χ0n) is 3.65. The summed E-state index contributed by atoms with van der Waals surface area (Å²) in [6.07, 6.45) is 0. The summed E-state index contributed by atoms with van der Waals surface area (Å²) in [7, 11) is 0. The predicted octanol–water partition coefficient (Wildman–Crippen LogP) is -7.62. The fourth-order valence-corrected chi connectivity index (χ4v) is 0. The van der Waals surface area contributed by atoms with E-state index < -0.39 is 5.97 Å². The van der Waals surface area contributed by atoms with Crippen molar-refractivity contribution in [2.75, 3.05) is 0 Å². The summed E-state index contributed by atoms with van der Waals surface area (Å²) in [4.78, 5) is 8.89. The van der Waals surface area contributed by atoms with Crippen LogP contribution in [0, 0.1) is 0 Å². The van der Waals surface area contributed by atoms with Crippen LogP contribution < -0.4 is 29.9 Å². The van der Waals surface area contributed by atoms with Crippen LogP contribution >= 0.6 is 0 Å². The Kier molecular flexibility index (Phi) is 55.6. The van der Waals surface area contributed by atoms with E-state index in [4.69, 9.17) is 9.90 Å². The van der Waals surface area contributed by atoms with E-state index in [2.05, 4.69) is 0 Å². The molecule has 0 rings (SSSR count). The van der Waals surface area contributed by atoms with Gasteiger partial charge in [0.25, 0.3) is 0 Å². The van der Waals surface area contributed by atoms with Gasteiger partial charge in [-0.2, -0.15) is 0 Å². The van der Waals surface area contributed by atoms with Gasteiger partial charge in [-0.15, -0.1) is 0 Å². The van der Waals surface area contributed by atoms with Crippen LogP contribution in [0.5, 0.6) is 0 Å². The Labute approximate surface area is 73.3 Å². The SMILES string of the molecule is CC(=O)[O-].[Cl-].[Cl-].[In+3]. The molecule has 0 fully saturated rings. The second-order valence-electron chi connectivity index (χ2n) is 0.492. The van der Waals surface area contributed by atoms with E-state index in [1.165, 1.54) is 0 Å². The van der Waals surface area contributed by atoms with E-state index in [9.17, 15) is 0 Å². The third-order valence-corrected chi connectivity index (χ3v) is 0. The Balaban J connectivity index is -0.0000000150. The quantitative estimate of drug-likeness (QED) is 0.425. The van der Waals surface area contributed by atoms with Crippen LogP contribution in [0.25, 0.3) is 0 Å². The molecule has 0 saturated carbocycles. The Morgan fingerprint density at radius 2 is 1.43 bits per heavy atom. The number of hydrogen-bond acceptors (Lipinski definition) is 2. The Bertz CT molecular complexity index is 36.7. The fraction of sp³-hybridized carbons (Fsp3) is 0.500. The van der Waals surface area contributed by atoms with E-state index in [0.29, 0.717) is 0 Å². The summed E-state index contributed by atoms with van der Waals surface area (Å²) < 4.78 is 0. The molecule has 7 heavy (non-hydrogen) atoms. The van der Waals surface area contributed by atoms with Gasteiger partial charge in [0.15, 0.2) is 0 Å². The smallest absolute Gasteiger partial charge is 1.00 e. The molecule has 0 bridgehead atoms. The van der Waals surface area contributed by atoms with Gasteiger partial charge in [-0.3, -0.25) is 0 Å². The Morgan fingerprint density at radius 3 is 1.43 bits per heavy atom. The third kappa shape index (κ3) is 198. The van der Waals surface area contributed by atoms with Crippen molar-refractivity contribution in [1.29, 1.82) is 0 Å².